The molecule has 1 fully saturated rings. The Morgan fingerprint density at radius 3 is 2.59 bits per heavy atom. The van der Waals surface area contributed by atoms with Gasteiger partial charge in [0.1, 0.15) is 0 Å². The minimum Gasteiger partial charge on any atom is -0.385 e. The molecule has 0 spiro atoms. The molecule has 1 aliphatic carbocycles. The summed E-state index contributed by atoms with van der Waals surface area (Å²) in [5.74, 6) is 0.886. The molecule has 0 aromatic carbocycles. The van der Waals surface area contributed by atoms with Gasteiger partial charge in [0.2, 0.25) is 0 Å². The van der Waals surface area contributed by atoms with Crippen LogP contribution in [0.2, 0.25) is 0 Å². The van der Waals surface area contributed by atoms with E-state index in [9.17, 15) is 0 Å². The molecule has 0 heterocycles. The fraction of sp³-hybridized carbons (Fsp3) is 1.00. The van der Waals surface area contributed by atoms with E-state index in [1.54, 1.807) is 7.11 Å². The van der Waals surface area contributed by atoms with Crippen LogP contribution in [0.3, 0.4) is 0 Å². The van der Waals surface area contributed by atoms with Crippen LogP contribution in [-0.2, 0) is 9.47 Å². The van der Waals surface area contributed by atoms with E-state index in [1.165, 1.54) is 32.1 Å². The summed E-state index contributed by atoms with van der Waals surface area (Å²) in [6, 6.07) is 0.651. The van der Waals surface area contributed by atoms with E-state index in [0.29, 0.717) is 6.04 Å². The standard InChI is InChI=1S/C14H29NO2/c1-13(14-7-4-3-5-8-14)15-9-12-17-11-6-10-16-2/h13-15H,3-12H2,1-2H3/t13-/m1/s1. The lowest BCUT2D eigenvalue weighted by molar-refractivity contribution is 0.101. The zero-order valence-electron chi connectivity index (χ0n) is 11.5. The fourth-order valence-electron chi connectivity index (χ4n) is 2.57. The molecule has 1 atom stereocenters. The van der Waals surface area contributed by atoms with Crippen LogP contribution in [0.4, 0.5) is 0 Å². The van der Waals surface area contributed by atoms with Gasteiger partial charge in [-0.25, -0.2) is 0 Å². The molecule has 1 rings (SSSR count). The van der Waals surface area contributed by atoms with Crippen LogP contribution in [0.25, 0.3) is 0 Å². The van der Waals surface area contributed by atoms with E-state index in [4.69, 9.17) is 9.47 Å². The first kappa shape index (κ1) is 14.9. The van der Waals surface area contributed by atoms with Crippen LogP contribution in [-0.4, -0.2) is 39.5 Å². The molecule has 0 amide bonds. The molecule has 0 radical (unpaired) electrons. The van der Waals surface area contributed by atoms with Gasteiger partial charge in [-0.3, -0.25) is 0 Å². The van der Waals surface area contributed by atoms with Crippen LogP contribution in [0, 0.1) is 5.92 Å². The Balaban J connectivity index is 1.90. The Morgan fingerprint density at radius 2 is 1.88 bits per heavy atom. The van der Waals surface area contributed by atoms with Crippen molar-refractivity contribution in [1.29, 1.82) is 0 Å². The summed E-state index contributed by atoms with van der Waals surface area (Å²) in [7, 11) is 1.73. The number of rotatable bonds is 9. The molecule has 0 bridgehead atoms. The Bertz CT molecular complexity index is 170. The summed E-state index contributed by atoms with van der Waals surface area (Å²) in [6.07, 6.45) is 8.08. The second kappa shape index (κ2) is 9.86. The lowest BCUT2D eigenvalue weighted by Gasteiger charge is -2.28. The maximum Gasteiger partial charge on any atom is 0.0591 e. The van der Waals surface area contributed by atoms with Crippen LogP contribution in [0.5, 0.6) is 0 Å². The minimum atomic E-state index is 0.651. The number of hydrogen-bond acceptors (Lipinski definition) is 3. The number of nitrogens with one attached hydrogen (secondary N) is 1. The van der Waals surface area contributed by atoms with Crippen molar-refractivity contribution in [2.75, 3.05) is 33.5 Å². The highest BCUT2D eigenvalue weighted by molar-refractivity contribution is 4.75. The van der Waals surface area contributed by atoms with Crippen LogP contribution < -0.4 is 5.32 Å². The average Bonchev–Trinajstić information content (AvgIpc) is 2.38. The van der Waals surface area contributed by atoms with Crippen molar-refractivity contribution in [3.05, 3.63) is 0 Å². The largest absolute Gasteiger partial charge is 0.385 e. The van der Waals surface area contributed by atoms with Crippen LogP contribution in [0.15, 0.2) is 0 Å². The third kappa shape index (κ3) is 7.02. The third-order valence-electron chi connectivity index (χ3n) is 3.71. The van der Waals surface area contributed by atoms with Gasteiger partial charge in [-0.2, -0.15) is 0 Å². The lowest BCUT2D eigenvalue weighted by atomic mass is 9.84. The fourth-order valence-corrected chi connectivity index (χ4v) is 2.57. The van der Waals surface area contributed by atoms with E-state index in [-0.39, 0.29) is 0 Å². The molecule has 1 aliphatic rings. The van der Waals surface area contributed by atoms with Gasteiger partial charge in [0.25, 0.3) is 0 Å². The van der Waals surface area contributed by atoms with Crippen LogP contribution in [0.1, 0.15) is 45.4 Å². The van der Waals surface area contributed by atoms with Gasteiger partial charge in [0.15, 0.2) is 0 Å². The van der Waals surface area contributed by atoms with Gasteiger partial charge in [-0.1, -0.05) is 19.3 Å². The van der Waals surface area contributed by atoms with E-state index < -0.39 is 0 Å². The monoisotopic (exact) mass is 243 g/mol. The van der Waals surface area contributed by atoms with Gasteiger partial charge in [-0.05, 0) is 32.1 Å². The molecule has 1 saturated carbocycles. The predicted octanol–water partition coefficient (Wildman–Crippen LogP) is 2.60. The molecule has 0 aliphatic heterocycles. The maximum atomic E-state index is 5.53. The van der Waals surface area contributed by atoms with Crippen molar-refractivity contribution in [3.63, 3.8) is 0 Å². The van der Waals surface area contributed by atoms with Gasteiger partial charge >= 0.3 is 0 Å². The SMILES string of the molecule is COCCCOCCN[C@H](C)C1CCCCC1. The Labute approximate surface area is 106 Å². The minimum absolute atomic E-state index is 0.651. The molecule has 3 heteroatoms. The molecule has 1 N–H and O–H groups in total. The topological polar surface area (TPSA) is 30.5 Å². The maximum absolute atomic E-state index is 5.53. The molecule has 0 saturated heterocycles. The average molecular weight is 243 g/mol. The molecule has 0 aromatic heterocycles. The summed E-state index contributed by atoms with van der Waals surface area (Å²) >= 11 is 0. The summed E-state index contributed by atoms with van der Waals surface area (Å²) in [5.41, 5.74) is 0. The van der Waals surface area contributed by atoms with E-state index >= 15 is 0 Å². The number of hydrogen-bond donors (Lipinski definition) is 1. The zero-order chi connectivity index (χ0) is 12.3. The smallest absolute Gasteiger partial charge is 0.0591 e. The molecule has 102 valence electrons. The predicted molar refractivity (Wildman–Crippen MR) is 71.4 cm³/mol. The highest BCUT2D eigenvalue weighted by atomic mass is 16.5. The number of ether oxygens (including phenoxy) is 2. The van der Waals surface area contributed by atoms with Gasteiger partial charge in [0.05, 0.1) is 6.61 Å². The van der Waals surface area contributed by atoms with E-state index in [0.717, 1.165) is 38.7 Å². The Hall–Kier alpha value is -0.120. The van der Waals surface area contributed by atoms with E-state index in [2.05, 4.69) is 12.2 Å². The van der Waals surface area contributed by atoms with Crippen molar-refractivity contribution >= 4 is 0 Å². The summed E-state index contributed by atoms with van der Waals surface area (Å²) in [4.78, 5) is 0. The molecule has 0 aromatic rings. The quantitative estimate of drug-likeness (QED) is 0.631. The van der Waals surface area contributed by atoms with Crippen molar-refractivity contribution in [2.45, 2.75) is 51.5 Å². The molecule has 0 unspecified atom stereocenters. The van der Waals surface area contributed by atoms with Crippen molar-refractivity contribution in [3.8, 4) is 0 Å². The Kier molecular flexibility index (Phi) is 8.67. The second-order valence-electron chi connectivity index (χ2n) is 5.10. The summed E-state index contributed by atoms with van der Waals surface area (Å²) < 4.78 is 10.5. The van der Waals surface area contributed by atoms with Crippen molar-refractivity contribution in [2.24, 2.45) is 5.92 Å². The summed E-state index contributed by atoms with van der Waals surface area (Å²) in [5, 5.41) is 3.59. The Morgan fingerprint density at radius 1 is 1.12 bits per heavy atom. The number of methoxy groups -OCH3 is 1. The van der Waals surface area contributed by atoms with Gasteiger partial charge < -0.3 is 14.8 Å². The lowest BCUT2D eigenvalue weighted by Crippen LogP contribution is -2.36. The molecule has 3 nitrogen and oxygen atoms in total. The molecular formula is C14H29NO2. The van der Waals surface area contributed by atoms with Gasteiger partial charge in [-0.15, -0.1) is 0 Å². The second-order valence-corrected chi connectivity index (χ2v) is 5.10. The normalized spacial score (nSPS) is 19.4. The van der Waals surface area contributed by atoms with Crippen LogP contribution >= 0.6 is 0 Å². The van der Waals surface area contributed by atoms with Crippen molar-refractivity contribution in [1.82, 2.24) is 5.32 Å². The first-order valence-electron chi connectivity index (χ1n) is 7.14. The summed E-state index contributed by atoms with van der Waals surface area (Å²) in [6.45, 7) is 5.73. The third-order valence-corrected chi connectivity index (χ3v) is 3.71. The highest BCUT2D eigenvalue weighted by Crippen LogP contribution is 2.26. The van der Waals surface area contributed by atoms with Crippen molar-refractivity contribution < 1.29 is 9.47 Å². The first-order chi connectivity index (χ1) is 8.34. The highest BCUT2D eigenvalue weighted by Gasteiger charge is 2.18. The van der Waals surface area contributed by atoms with Gasteiger partial charge in [0, 0.05) is 32.9 Å². The molecular weight excluding hydrogens is 214 g/mol. The molecule has 17 heavy (non-hydrogen) atoms. The zero-order valence-corrected chi connectivity index (χ0v) is 11.5. The van der Waals surface area contributed by atoms with E-state index in [1.807, 2.05) is 0 Å². The first-order valence-corrected chi connectivity index (χ1v) is 7.14.